The highest BCUT2D eigenvalue weighted by molar-refractivity contribution is 5.19. The molecule has 0 aromatic heterocycles. The lowest BCUT2D eigenvalue weighted by atomic mass is 10.0. The highest BCUT2D eigenvalue weighted by Crippen LogP contribution is 2.13. The SMILES string of the molecule is CCCCC(N)Cc1ccc(F)cc1F. The van der Waals surface area contributed by atoms with Crippen molar-refractivity contribution in [1.29, 1.82) is 0 Å². The zero-order chi connectivity index (χ0) is 11.3. The minimum atomic E-state index is -0.543. The molecule has 0 aliphatic carbocycles. The van der Waals surface area contributed by atoms with E-state index in [2.05, 4.69) is 6.92 Å². The highest BCUT2D eigenvalue weighted by atomic mass is 19.1. The van der Waals surface area contributed by atoms with Gasteiger partial charge in [0.2, 0.25) is 0 Å². The van der Waals surface area contributed by atoms with Crippen molar-refractivity contribution in [2.24, 2.45) is 5.73 Å². The second-order valence-corrected chi connectivity index (χ2v) is 3.84. The van der Waals surface area contributed by atoms with Gasteiger partial charge in [0.15, 0.2) is 0 Å². The molecule has 0 saturated heterocycles. The number of rotatable bonds is 5. The summed E-state index contributed by atoms with van der Waals surface area (Å²) in [7, 11) is 0. The van der Waals surface area contributed by atoms with E-state index in [-0.39, 0.29) is 6.04 Å². The Labute approximate surface area is 89.3 Å². The van der Waals surface area contributed by atoms with Gasteiger partial charge in [-0.3, -0.25) is 0 Å². The molecule has 0 bridgehead atoms. The molecule has 3 heteroatoms. The number of hydrogen-bond donors (Lipinski definition) is 1. The Morgan fingerprint density at radius 3 is 2.67 bits per heavy atom. The van der Waals surface area contributed by atoms with E-state index in [9.17, 15) is 8.78 Å². The van der Waals surface area contributed by atoms with Crippen LogP contribution in [0, 0.1) is 11.6 Å². The number of hydrogen-bond acceptors (Lipinski definition) is 1. The number of benzene rings is 1. The molecule has 1 aromatic rings. The maximum Gasteiger partial charge on any atom is 0.129 e. The molecule has 0 spiro atoms. The number of nitrogens with two attached hydrogens (primary N) is 1. The average Bonchev–Trinajstić information content (AvgIpc) is 2.19. The zero-order valence-electron chi connectivity index (χ0n) is 8.97. The summed E-state index contributed by atoms with van der Waals surface area (Å²) in [5.41, 5.74) is 6.34. The second-order valence-electron chi connectivity index (χ2n) is 3.84. The molecule has 0 aliphatic rings. The van der Waals surface area contributed by atoms with Gasteiger partial charge in [0, 0.05) is 12.1 Å². The van der Waals surface area contributed by atoms with Gasteiger partial charge >= 0.3 is 0 Å². The number of halogens is 2. The first-order chi connectivity index (χ1) is 7.13. The van der Waals surface area contributed by atoms with Gasteiger partial charge in [-0.2, -0.15) is 0 Å². The first kappa shape index (κ1) is 12.1. The summed E-state index contributed by atoms with van der Waals surface area (Å²) in [6.07, 6.45) is 3.49. The van der Waals surface area contributed by atoms with Crippen molar-refractivity contribution in [1.82, 2.24) is 0 Å². The van der Waals surface area contributed by atoms with Crippen molar-refractivity contribution in [3.8, 4) is 0 Å². The monoisotopic (exact) mass is 213 g/mol. The van der Waals surface area contributed by atoms with Crippen LogP contribution in [0.5, 0.6) is 0 Å². The topological polar surface area (TPSA) is 26.0 Å². The smallest absolute Gasteiger partial charge is 0.129 e. The first-order valence-corrected chi connectivity index (χ1v) is 5.33. The van der Waals surface area contributed by atoms with Crippen molar-refractivity contribution in [2.45, 2.75) is 38.6 Å². The largest absolute Gasteiger partial charge is 0.327 e. The van der Waals surface area contributed by atoms with Crippen molar-refractivity contribution in [3.05, 3.63) is 35.4 Å². The van der Waals surface area contributed by atoms with Gasteiger partial charge in [0.25, 0.3) is 0 Å². The fourth-order valence-electron chi connectivity index (χ4n) is 1.54. The van der Waals surface area contributed by atoms with E-state index in [4.69, 9.17) is 5.73 Å². The van der Waals surface area contributed by atoms with Gasteiger partial charge in [-0.15, -0.1) is 0 Å². The molecule has 0 fully saturated rings. The molecule has 0 radical (unpaired) electrons. The van der Waals surface area contributed by atoms with Crippen molar-refractivity contribution >= 4 is 0 Å². The molecule has 0 saturated carbocycles. The quantitative estimate of drug-likeness (QED) is 0.799. The van der Waals surface area contributed by atoms with Crippen molar-refractivity contribution in [2.75, 3.05) is 0 Å². The highest BCUT2D eigenvalue weighted by Gasteiger charge is 2.08. The van der Waals surface area contributed by atoms with E-state index in [1.165, 1.54) is 12.1 Å². The lowest BCUT2D eigenvalue weighted by Crippen LogP contribution is -2.23. The standard InChI is InChI=1S/C12H17F2N/c1-2-3-4-11(15)7-9-5-6-10(13)8-12(9)14/h5-6,8,11H,2-4,7,15H2,1H3. The van der Waals surface area contributed by atoms with Gasteiger partial charge in [-0.1, -0.05) is 25.8 Å². The Bertz CT molecular complexity index is 312. The van der Waals surface area contributed by atoms with Gasteiger partial charge in [0.1, 0.15) is 11.6 Å². The molecule has 1 unspecified atom stereocenters. The van der Waals surface area contributed by atoms with Crippen molar-refractivity contribution < 1.29 is 8.78 Å². The van der Waals surface area contributed by atoms with E-state index < -0.39 is 11.6 Å². The Morgan fingerprint density at radius 1 is 1.33 bits per heavy atom. The van der Waals surface area contributed by atoms with Crippen molar-refractivity contribution in [3.63, 3.8) is 0 Å². The van der Waals surface area contributed by atoms with Gasteiger partial charge in [0.05, 0.1) is 0 Å². The van der Waals surface area contributed by atoms with Crippen LogP contribution in [0.25, 0.3) is 0 Å². The van der Waals surface area contributed by atoms with Crippen LogP contribution < -0.4 is 5.73 Å². The molecule has 1 aromatic carbocycles. The Kier molecular flexibility index (Phi) is 4.69. The summed E-state index contributed by atoms with van der Waals surface area (Å²) >= 11 is 0. The van der Waals surface area contributed by atoms with E-state index in [0.29, 0.717) is 12.0 Å². The van der Waals surface area contributed by atoms with Crippen LogP contribution in [-0.4, -0.2) is 6.04 Å². The molecule has 0 amide bonds. The van der Waals surface area contributed by atoms with Gasteiger partial charge in [-0.25, -0.2) is 8.78 Å². The number of unbranched alkanes of at least 4 members (excludes halogenated alkanes) is 1. The van der Waals surface area contributed by atoms with Gasteiger partial charge < -0.3 is 5.73 Å². The maximum atomic E-state index is 13.2. The Balaban J connectivity index is 2.56. The minimum Gasteiger partial charge on any atom is -0.327 e. The lowest BCUT2D eigenvalue weighted by Gasteiger charge is -2.11. The minimum absolute atomic E-state index is 0.0371. The summed E-state index contributed by atoms with van der Waals surface area (Å²) in [6.45, 7) is 2.09. The molecule has 0 heterocycles. The fourth-order valence-corrected chi connectivity index (χ4v) is 1.54. The molecular weight excluding hydrogens is 196 g/mol. The predicted molar refractivity (Wildman–Crippen MR) is 57.6 cm³/mol. The molecular formula is C12H17F2N. The van der Waals surface area contributed by atoms with Crippen LogP contribution in [0.2, 0.25) is 0 Å². The van der Waals surface area contributed by atoms with Crippen LogP contribution >= 0.6 is 0 Å². The van der Waals surface area contributed by atoms with Gasteiger partial charge in [-0.05, 0) is 24.5 Å². The second kappa shape index (κ2) is 5.81. The molecule has 0 aliphatic heterocycles. The molecule has 1 rings (SSSR count). The lowest BCUT2D eigenvalue weighted by molar-refractivity contribution is 0.537. The van der Waals surface area contributed by atoms with E-state index in [1.807, 2.05) is 0 Å². The summed E-state index contributed by atoms with van der Waals surface area (Å²) in [6, 6.07) is 3.61. The fraction of sp³-hybridized carbons (Fsp3) is 0.500. The van der Waals surface area contributed by atoms with E-state index in [1.54, 1.807) is 0 Å². The van der Waals surface area contributed by atoms with E-state index in [0.717, 1.165) is 25.3 Å². The molecule has 84 valence electrons. The van der Waals surface area contributed by atoms with Crippen LogP contribution in [-0.2, 0) is 6.42 Å². The molecule has 2 N–H and O–H groups in total. The van der Waals surface area contributed by atoms with Crippen LogP contribution in [0.3, 0.4) is 0 Å². The summed E-state index contributed by atoms with van der Waals surface area (Å²) in [5, 5.41) is 0. The summed E-state index contributed by atoms with van der Waals surface area (Å²) in [4.78, 5) is 0. The third-order valence-electron chi connectivity index (χ3n) is 2.43. The van der Waals surface area contributed by atoms with Crippen LogP contribution in [0.15, 0.2) is 18.2 Å². The average molecular weight is 213 g/mol. The van der Waals surface area contributed by atoms with E-state index >= 15 is 0 Å². The summed E-state index contributed by atoms with van der Waals surface area (Å²) in [5.74, 6) is -1.04. The molecule has 1 nitrogen and oxygen atoms in total. The third kappa shape index (κ3) is 3.96. The molecule has 15 heavy (non-hydrogen) atoms. The maximum absolute atomic E-state index is 13.2. The van der Waals surface area contributed by atoms with Crippen LogP contribution in [0.1, 0.15) is 31.7 Å². The third-order valence-corrected chi connectivity index (χ3v) is 2.43. The first-order valence-electron chi connectivity index (χ1n) is 5.33. The predicted octanol–water partition coefficient (Wildman–Crippen LogP) is 3.02. The normalized spacial score (nSPS) is 12.8. The molecule has 1 atom stereocenters. The zero-order valence-corrected chi connectivity index (χ0v) is 8.97. The summed E-state index contributed by atoms with van der Waals surface area (Å²) < 4.78 is 25.9. The van der Waals surface area contributed by atoms with Crippen LogP contribution in [0.4, 0.5) is 8.78 Å². The Hall–Kier alpha value is -0.960. The Morgan fingerprint density at radius 2 is 2.07 bits per heavy atom.